The van der Waals surface area contributed by atoms with Gasteiger partial charge in [-0.25, -0.2) is 0 Å². The summed E-state index contributed by atoms with van der Waals surface area (Å²) in [4.78, 5) is 0. The summed E-state index contributed by atoms with van der Waals surface area (Å²) in [7, 11) is 0. The molecule has 0 aromatic rings. The highest BCUT2D eigenvalue weighted by molar-refractivity contribution is 5.12. The lowest BCUT2D eigenvalue weighted by molar-refractivity contribution is 0.255. The van der Waals surface area contributed by atoms with Crippen molar-refractivity contribution in [2.45, 2.75) is 45.4 Å². The van der Waals surface area contributed by atoms with Crippen molar-refractivity contribution < 1.29 is 5.11 Å². The first-order valence-corrected chi connectivity index (χ1v) is 5.53. The second kappa shape index (κ2) is 4.80. The van der Waals surface area contributed by atoms with Crippen LogP contribution < -0.4 is 0 Å². The van der Waals surface area contributed by atoms with E-state index in [1.807, 2.05) is 0 Å². The number of unbranched alkanes of at least 4 members (excludes halogenated alkanes) is 3. The van der Waals surface area contributed by atoms with Crippen molar-refractivity contribution in [2.24, 2.45) is 11.3 Å². The topological polar surface area (TPSA) is 20.2 Å². The van der Waals surface area contributed by atoms with Gasteiger partial charge in [-0.1, -0.05) is 38.7 Å². The van der Waals surface area contributed by atoms with E-state index < -0.39 is 0 Å². The summed E-state index contributed by atoms with van der Waals surface area (Å²) in [5, 5.41) is 9.03. The van der Waals surface area contributed by atoms with Crippen molar-refractivity contribution in [3.63, 3.8) is 0 Å². The van der Waals surface area contributed by atoms with Gasteiger partial charge in [0.1, 0.15) is 0 Å². The average molecular weight is 182 g/mol. The molecule has 0 heterocycles. The Morgan fingerprint density at radius 1 is 1.46 bits per heavy atom. The minimum atomic E-state index is 0.322. The second-order valence-electron chi connectivity index (χ2n) is 4.33. The first-order chi connectivity index (χ1) is 6.29. The summed E-state index contributed by atoms with van der Waals surface area (Å²) >= 11 is 0. The van der Waals surface area contributed by atoms with E-state index in [0.717, 1.165) is 0 Å². The Balaban J connectivity index is 2.16. The summed E-state index contributed by atoms with van der Waals surface area (Å²) in [6.07, 6.45) is 9.75. The van der Waals surface area contributed by atoms with Gasteiger partial charge in [-0.3, -0.25) is 0 Å². The molecule has 76 valence electrons. The fourth-order valence-corrected chi connectivity index (χ4v) is 2.19. The van der Waals surface area contributed by atoms with Crippen LogP contribution in [-0.2, 0) is 0 Å². The van der Waals surface area contributed by atoms with Crippen molar-refractivity contribution >= 4 is 0 Å². The van der Waals surface area contributed by atoms with E-state index in [0.29, 0.717) is 17.9 Å². The number of hydrogen-bond acceptors (Lipinski definition) is 1. The third kappa shape index (κ3) is 2.57. The monoisotopic (exact) mass is 182 g/mol. The first-order valence-electron chi connectivity index (χ1n) is 5.53. The van der Waals surface area contributed by atoms with Crippen LogP contribution in [-0.4, -0.2) is 11.7 Å². The van der Waals surface area contributed by atoms with Gasteiger partial charge < -0.3 is 5.11 Å². The standard InChI is InChI=1S/C12H22O/c1-3-5-6-7-8-12(4-2)9-11(12)10-13/h4,11,13H,2-3,5-10H2,1H3/t11-,12+/m1/s1. The molecule has 0 amide bonds. The summed E-state index contributed by atoms with van der Waals surface area (Å²) in [6.45, 7) is 6.46. The van der Waals surface area contributed by atoms with Crippen LogP contribution in [0.1, 0.15) is 45.4 Å². The molecule has 1 saturated carbocycles. The molecule has 0 saturated heterocycles. The Morgan fingerprint density at radius 3 is 2.69 bits per heavy atom. The molecule has 0 bridgehead atoms. The van der Waals surface area contributed by atoms with Crippen LogP contribution in [0.2, 0.25) is 0 Å². The molecule has 1 fully saturated rings. The molecule has 1 heteroatoms. The van der Waals surface area contributed by atoms with Gasteiger partial charge in [0.2, 0.25) is 0 Å². The van der Waals surface area contributed by atoms with Crippen LogP contribution in [0.3, 0.4) is 0 Å². The zero-order chi connectivity index (χ0) is 9.73. The third-order valence-electron chi connectivity index (χ3n) is 3.40. The number of hydrogen-bond donors (Lipinski definition) is 1. The highest BCUT2D eigenvalue weighted by atomic mass is 16.3. The van der Waals surface area contributed by atoms with E-state index in [1.54, 1.807) is 0 Å². The van der Waals surface area contributed by atoms with Gasteiger partial charge in [0.25, 0.3) is 0 Å². The van der Waals surface area contributed by atoms with E-state index in [-0.39, 0.29) is 0 Å². The molecule has 1 aliphatic rings. The maximum Gasteiger partial charge on any atom is 0.0467 e. The fraction of sp³-hybridized carbons (Fsp3) is 0.833. The molecule has 1 aliphatic carbocycles. The van der Waals surface area contributed by atoms with Gasteiger partial charge in [-0.05, 0) is 24.2 Å². The molecule has 1 rings (SSSR count). The normalized spacial score (nSPS) is 31.7. The van der Waals surface area contributed by atoms with Crippen LogP contribution in [0.25, 0.3) is 0 Å². The maximum absolute atomic E-state index is 9.03. The Morgan fingerprint density at radius 2 is 2.23 bits per heavy atom. The summed E-state index contributed by atoms with van der Waals surface area (Å²) in [5.74, 6) is 0.520. The quantitative estimate of drug-likeness (QED) is 0.473. The number of aliphatic hydroxyl groups is 1. The Kier molecular flexibility index (Phi) is 3.98. The molecular weight excluding hydrogens is 160 g/mol. The SMILES string of the molecule is C=C[C@]1(CCCCCC)C[C@@H]1CO. The number of allylic oxidation sites excluding steroid dienone is 1. The predicted molar refractivity (Wildman–Crippen MR) is 56.6 cm³/mol. The molecule has 0 aromatic carbocycles. The molecule has 13 heavy (non-hydrogen) atoms. The van der Waals surface area contributed by atoms with Crippen LogP contribution in [0.4, 0.5) is 0 Å². The van der Waals surface area contributed by atoms with E-state index in [2.05, 4.69) is 19.6 Å². The van der Waals surface area contributed by atoms with Gasteiger partial charge in [-0.2, -0.15) is 0 Å². The Bertz CT molecular complexity index is 165. The van der Waals surface area contributed by atoms with E-state index in [1.165, 1.54) is 38.5 Å². The number of aliphatic hydroxyl groups excluding tert-OH is 1. The lowest BCUT2D eigenvalue weighted by Gasteiger charge is -2.10. The maximum atomic E-state index is 9.03. The molecule has 0 spiro atoms. The molecule has 0 unspecified atom stereocenters. The van der Waals surface area contributed by atoms with Gasteiger partial charge in [0.15, 0.2) is 0 Å². The minimum Gasteiger partial charge on any atom is -0.396 e. The first kappa shape index (κ1) is 10.8. The minimum absolute atomic E-state index is 0.322. The van der Waals surface area contributed by atoms with Crippen LogP contribution >= 0.6 is 0 Å². The highest BCUT2D eigenvalue weighted by Gasteiger charge is 2.50. The van der Waals surface area contributed by atoms with Crippen molar-refractivity contribution in [2.75, 3.05) is 6.61 Å². The lowest BCUT2D eigenvalue weighted by Crippen LogP contribution is -2.02. The summed E-state index contributed by atoms with van der Waals surface area (Å²) in [6, 6.07) is 0. The van der Waals surface area contributed by atoms with E-state index >= 15 is 0 Å². The lowest BCUT2D eigenvalue weighted by atomic mass is 9.95. The molecular formula is C12H22O. The molecule has 0 radical (unpaired) electrons. The van der Waals surface area contributed by atoms with Crippen molar-refractivity contribution in [3.8, 4) is 0 Å². The fourth-order valence-electron chi connectivity index (χ4n) is 2.19. The molecule has 0 aliphatic heterocycles. The van der Waals surface area contributed by atoms with Crippen molar-refractivity contribution in [3.05, 3.63) is 12.7 Å². The highest BCUT2D eigenvalue weighted by Crippen LogP contribution is 2.56. The second-order valence-corrected chi connectivity index (χ2v) is 4.33. The number of rotatable bonds is 7. The van der Waals surface area contributed by atoms with Gasteiger partial charge in [0, 0.05) is 6.61 Å². The van der Waals surface area contributed by atoms with Gasteiger partial charge in [0.05, 0.1) is 0 Å². The van der Waals surface area contributed by atoms with Gasteiger partial charge >= 0.3 is 0 Å². The predicted octanol–water partition coefficient (Wildman–Crippen LogP) is 3.14. The Hall–Kier alpha value is -0.300. The van der Waals surface area contributed by atoms with Crippen LogP contribution in [0, 0.1) is 11.3 Å². The van der Waals surface area contributed by atoms with Crippen molar-refractivity contribution in [1.82, 2.24) is 0 Å². The zero-order valence-electron chi connectivity index (χ0n) is 8.76. The zero-order valence-corrected chi connectivity index (χ0v) is 8.76. The van der Waals surface area contributed by atoms with Crippen LogP contribution in [0.15, 0.2) is 12.7 Å². The van der Waals surface area contributed by atoms with Gasteiger partial charge in [-0.15, -0.1) is 6.58 Å². The largest absolute Gasteiger partial charge is 0.396 e. The molecule has 1 nitrogen and oxygen atoms in total. The van der Waals surface area contributed by atoms with Crippen LogP contribution in [0.5, 0.6) is 0 Å². The molecule has 1 N–H and O–H groups in total. The third-order valence-corrected chi connectivity index (χ3v) is 3.40. The molecule has 0 aromatic heterocycles. The smallest absolute Gasteiger partial charge is 0.0467 e. The summed E-state index contributed by atoms with van der Waals surface area (Å²) < 4.78 is 0. The molecule has 2 atom stereocenters. The summed E-state index contributed by atoms with van der Waals surface area (Å²) in [5.41, 5.74) is 0.322. The van der Waals surface area contributed by atoms with E-state index in [9.17, 15) is 0 Å². The average Bonchev–Trinajstić information content (AvgIpc) is 2.87. The Labute approximate surface area is 81.9 Å². The van der Waals surface area contributed by atoms with E-state index in [4.69, 9.17) is 5.11 Å². The van der Waals surface area contributed by atoms with Crippen molar-refractivity contribution in [1.29, 1.82) is 0 Å².